The first-order chi connectivity index (χ1) is 8.30. The van der Waals surface area contributed by atoms with Gasteiger partial charge in [0, 0.05) is 0 Å². The smallest absolute Gasteiger partial charge is 0.306 e. The van der Waals surface area contributed by atoms with Crippen LogP contribution in [-0.2, 0) is 9.53 Å². The average Bonchev–Trinajstić information content (AvgIpc) is 2.09. The molecule has 0 bridgehead atoms. The first-order valence-electron chi connectivity index (χ1n) is 7.20. The van der Waals surface area contributed by atoms with Crippen molar-refractivity contribution in [3.8, 4) is 0 Å². The molecule has 2 fully saturated rings. The van der Waals surface area contributed by atoms with Crippen LogP contribution in [0.2, 0.25) is 0 Å². The lowest BCUT2D eigenvalue weighted by Gasteiger charge is -2.47. The molecule has 2 aliphatic rings. The number of carbonyl (C=O) groups is 1. The van der Waals surface area contributed by atoms with Crippen molar-refractivity contribution in [2.24, 2.45) is 11.3 Å². The summed E-state index contributed by atoms with van der Waals surface area (Å²) in [6, 6.07) is 0. The van der Waals surface area contributed by atoms with E-state index in [1.807, 2.05) is 0 Å². The Morgan fingerprint density at radius 1 is 1.33 bits per heavy atom. The average molecular weight is 254 g/mol. The summed E-state index contributed by atoms with van der Waals surface area (Å²) < 4.78 is 6.25. The van der Waals surface area contributed by atoms with Crippen molar-refractivity contribution in [2.75, 3.05) is 0 Å². The normalized spacial score (nSPS) is 33.7. The summed E-state index contributed by atoms with van der Waals surface area (Å²) in [6.07, 6.45) is 6.79. The molecule has 3 nitrogen and oxygen atoms in total. The van der Waals surface area contributed by atoms with E-state index in [2.05, 4.69) is 20.8 Å². The number of ether oxygens (including phenoxy) is 1. The lowest BCUT2D eigenvalue weighted by molar-refractivity contribution is -0.178. The van der Waals surface area contributed by atoms with Crippen molar-refractivity contribution < 1.29 is 14.6 Å². The summed E-state index contributed by atoms with van der Waals surface area (Å²) in [5.41, 5.74) is -0.0138. The van der Waals surface area contributed by atoms with Gasteiger partial charge in [0.25, 0.3) is 0 Å². The second-order valence-electron chi connectivity index (χ2n) is 7.26. The molecule has 2 saturated carbocycles. The van der Waals surface area contributed by atoms with Crippen molar-refractivity contribution in [3.05, 3.63) is 0 Å². The molecule has 2 atom stereocenters. The van der Waals surface area contributed by atoms with E-state index >= 15 is 0 Å². The molecule has 0 aromatic carbocycles. The highest BCUT2D eigenvalue weighted by atomic mass is 16.5. The lowest BCUT2D eigenvalue weighted by Crippen LogP contribution is -2.47. The Kier molecular flexibility index (Phi) is 3.72. The first-order valence-corrected chi connectivity index (χ1v) is 7.20. The zero-order chi connectivity index (χ0) is 13.4. The molecule has 2 aliphatic carbocycles. The van der Waals surface area contributed by atoms with Crippen molar-refractivity contribution in [1.29, 1.82) is 0 Å². The molecule has 2 unspecified atom stereocenters. The fraction of sp³-hybridized carbons (Fsp3) is 0.933. The lowest BCUT2D eigenvalue weighted by atomic mass is 9.70. The van der Waals surface area contributed by atoms with Gasteiger partial charge >= 0.3 is 5.97 Å². The van der Waals surface area contributed by atoms with Crippen LogP contribution in [0.3, 0.4) is 0 Å². The maximum absolute atomic E-state index is 11.0. The van der Waals surface area contributed by atoms with Gasteiger partial charge in [0.1, 0.15) is 0 Å². The van der Waals surface area contributed by atoms with Crippen LogP contribution in [0.1, 0.15) is 65.7 Å². The molecule has 104 valence electrons. The minimum Gasteiger partial charge on any atom is -0.481 e. The van der Waals surface area contributed by atoms with E-state index in [0.29, 0.717) is 11.3 Å². The maximum atomic E-state index is 11.0. The molecule has 0 heterocycles. The van der Waals surface area contributed by atoms with Gasteiger partial charge in [0.05, 0.1) is 18.1 Å². The van der Waals surface area contributed by atoms with Crippen LogP contribution in [0.4, 0.5) is 0 Å². The molecule has 0 spiro atoms. The van der Waals surface area contributed by atoms with Crippen LogP contribution < -0.4 is 0 Å². The van der Waals surface area contributed by atoms with Gasteiger partial charge in [-0.1, -0.05) is 20.8 Å². The summed E-state index contributed by atoms with van der Waals surface area (Å²) in [5, 5.41) is 9.02. The third-order valence-electron chi connectivity index (χ3n) is 4.50. The SMILES string of the molecule is CC1CC(OC2(CC(=O)O)CCC2)CC(C)(C)C1. The second-order valence-corrected chi connectivity index (χ2v) is 7.26. The van der Waals surface area contributed by atoms with Crippen LogP contribution in [0.25, 0.3) is 0 Å². The Labute approximate surface area is 110 Å². The van der Waals surface area contributed by atoms with Crippen molar-refractivity contribution in [1.82, 2.24) is 0 Å². The van der Waals surface area contributed by atoms with Crippen molar-refractivity contribution in [3.63, 3.8) is 0 Å². The van der Waals surface area contributed by atoms with Gasteiger partial charge < -0.3 is 9.84 Å². The van der Waals surface area contributed by atoms with E-state index in [1.54, 1.807) is 0 Å². The molecule has 2 rings (SSSR count). The number of hydrogen-bond acceptors (Lipinski definition) is 2. The van der Waals surface area contributed by atoms with E-state index in [-0.39, 0.29) is 18.1 Å². The summed E-state index contributed by atoms with van der Waals surface area (Å²) in [5.74, 6) is -0.0430. The van der Waals surface area contributed by atoms with Gasteiger partial charge in [-0.15, -0.1) is 0 Å². The zero-order valence-corrected chi connectivity index (χ0v) is 11.9. The third-order valence-corrected chi connectivity index (χ3v) is 4.50. The first kappa shape index (κ1) is 13.9. The molecular formula is C15H26O3. The van der Waals surface area contributed by atoms with Crippen LogP contribution in [0.15, 0.2) is 0 Å². The molecular weight excluding hydrogens is 228 g/mol. The van der Waals surface area contributed by atoms with Crippen molar-refractivity contribution >= 4 is 5.97 Å². The molecule has 0 saturated heterocycles. The van der Waals surface area contributed by atoms with Crippen LogP contribution in [0, 0.1) is 11.3 Å². The van der Waals surface area contributed by atoms with E-state index in [9.17, 15) is 4.79 Å². The van der Waals surface area contributed by atoms with Gasteiger partial charge in [0.15, 0.2) is 0 Å². The predicted octanol–water partition coefficient (Wildman–Crippen LogP) is 3.62. The van der Waals surface area contributed by atoms with E-state index < -0.39 is 5.97 Å². The second kappa shape index (κ2) is 4.84. The Bertz CT molecular complexity index is 318. The molecule has 0 amide bonds. The molecule has 1 N–H and O–H groups in total. The number of carboxylic acid groups (broad SMARTS) is 1. The molecule has 0 radical (unpaired) electrons. The quantitative estimate of drug-likeness (QED) is 0.833. The largest absolute Gasteiger partial charge is 0.481 e. The molecule has 0 aromatic rings. The number of aliphatic carboxylic acids is 1. The summed E-state index contributed by atoms with van der Waals surface area (Å²) in [7, 11) is 0. The topological polar surface area (TPSA) is 46.5 Å². The van der Waals surface area contributed by atoms with Crippen molar-refractivity contribution in [2.45, 2.75) is 77.4 Å². The Balaban J connectivity index is 1.97. The number of hydrogen-bond donors (Lipinski definition) is 1. The highest BCUT2D eigenvalue weighted by Crippen LogP contribution is 2.45. The summed E-state index contributed by atoms with van der Waals surface area (Å²) in [6.45, 7) is 6.87. The van der Waals surface area contributed by atoms with Crippen LogP contribution in [0.5, 0.6) is 0 Å². The van der Waals surface area contributed by atoms with Gasteiger partial charge in [-0.3, -0.25) is 4.79 Å². The zero-order valence-electron chi connectivity index (χ0n) is 11.9. The van der Waals surface area contributed by atoms with E-state index in [4.69, 9.17) is 9.84 Å². The summed E-state index contributed by atoms with van der Waals surface area (Å²) in [4.78, 5) is 11.0. The Morgan fingerprint density at radius 2 is 2.00 bits per heavy atom. The maximum Gasteiger partial charge on any atom is 0.306 e. The molecule has 0 aliphatic heterocycles. The fourth-order valence-corrected chi connectivity index (χ4v) is 3.88. The Hall–Kier alpha value is -0.570. The minimum absolute atomic E-state index is 0.179. The highest BCUT2D eigenvalue weighted by molar-refractivity contribution is 5.68. The van der Waals surface area contributed by atoms with Crippen LogP contribution >= 0.6 is 0 Å². The van der Waals surface area contributed by atoms with E-state index in [1.165, 1.54) is 6.42 Å². The molecule has 3 heteroatoms. The minimum atomic E-state index is -0.724. The van der Waals surface area contributed by atoms with E-state index in [0.717, 1.165) is 32.1 Å². The predicted molar refractivity (Wildman–Crippen MR) is 70.5 cm³/mol. The Morgan fingerprint density at radius 3 is 2.44 bits per heavy atom. The molecule has 0 aromatic heterocycles. The highest BCUT2D eigenvalue weighted by Gasteiger charge is 2.44. The number of rotatable bonds is 4. The number of carboxylic acids is 1. The summed E-state index contributed by atoms with van der Waals surface area (Å²) >= 11 is 0. The standard InChI is InChI=1S/C15H26O3/c1-11-7-12(9-14(2,3)8-11)18-15(5-4-6-15)10-13(16)17/h11-12H,4-10H2,1-3H3,(H,16,17). The van der Waals surface area contributed by atoms with Crippen LogP contribution in [-0.4, -0.2) is 22.8 Å². The monoisotopic (exact) mass is 254 g/mol. The van der Waals surface area contributed by atoms with Gasteiger partial charge in [-0.25, -0.2) is 0 Å². The van der Waals surface area contributed by atoms with Gasteiger partial charge in [-0.05, 0) is 49.9 Å². The van der Waals surface area contributed by atoms with Gasteiger partial charge in [0.2, 0.25) is 0 Å². The van der Waals surface area contributed by atoms with Gasteiger partial charge in [-0.2, -0.15) is 0 Å². The molecule has 18 heavy (non-hydrogen) atoms. The third kappa shape index (κ3) is 3.25. The fourth-order valence-electron chi connectivity index (χ4n) is 3.88.